The van der Waals surface area contributed by atoms with E-state index in [1.165, 1.54) is 11.3 Å². The molecule has 0 bridgehead atoms. The van der Waals surface area contributed by atoms with Gasteiger partial charge < -0.3 is 14.7 Å². The molecule has 2 aromatic heterocycles. The van der Waals surface area contributed by atoms with Crippen molar-refractivity contribution < 1.29 is 14.1 Å². The molecule has 8 heteroatoms. The molecule has 1 saturated heterocycles. The number of carbonyl (C=O) groups is 2. The lowest BCUT2D eigenvalue weighted by Crippen LogP contribution is -2.40. The normalized spacial score (nSPS) is 14.8. The first-order valence-electron chi connectivity index (χ1n) is 9.56. The predicted octanol–water partition coefficient (Wildman–Crippen LogP) is 3.97. The molecular weight excluding hydrogens is 388 g/mol. The summed E-state index contributed by atoms with van der Waals surface area (Å²) in [5.41, 5.74) is 2.68. The Morgan fingerprint density at radius 1 is 1.24 bits per heavy atom. The van der Waals surface area contributed by atoms with E-state index in [2.05, 4.69) is 15.5 Å². The minimum atomic E-state index is -0.108. The molecule has 29 heavy (non-hydrogen) atoms. The highest BCUT2D eigenvalue weighted by Crippen LogP contribution is 2.34. The Morgan fingerprint density at radius 2 is 2.03 bits per heavy atom. The van der Waals surface area contributed by atoms with Crippen molar-refractivity contribution in [1.82, 2.24) is 15.0 Å². The van der Waals surface area contributed by atoms with E-state index in [1.54, 1.807) is 11.8 Å². The molecule has 0 aliphatic carbocycles. The maximum atomic E-state index is 12.7. The second kappa shape index (κ2) is 8.16. The van der Waals surface area contributed by atoms with Gasteiger partial charge in [-0.15, -0.1) is 11.3 Å². The van der Waals surface area contributed by atoms with Crippen LogP contribution in [0.2, 0.25) is 0 Å². The third kappa shape index (κ3) is 4.22. The van der Waals surface area contributed by atoms with E-state index in [0.29, 0.717) is 43.3 Å². The van der Waals surface area contributed by atoms with Gasteiger partial charge in [0, 0.05) is 31.5 Å². The molecule has 0 radical (unpaired) electrons. The zero-order valence-electron chi connectivity index (χ0n) is 16.3. The molecule has 0 unspecified atom stereocenters. The molecule has 1 N–H and O–H groups in total. The van der Waals surface area contributed by atoms with E-state index in [1.807, 2.05) is 42.6 Å². The topological polar surface area (TPSA) is 88.3 Å². The van der Waals surface area contributed by atoms with Crippen LogP contribution in [0.3, 0.4) is 0 Å². The number of anilines is 1. The molecule has 7 nitrogen and oxygen atoms in total. The van der Waals surface area contributed by atoms with Crippen molar-refractivity contribution in [3.63, 3.8) is 0 Å². The quantitative estimate of drug-likeness (QED) is 0.703. The second-order valence-electron chi connectivity index (χ2n) is 7.23. The zero-order valence-corrected chi connectivity index (χ0v) is 17.2. The van der Waals surface area contributed by atoms with Crippen LogP contribution >= 0.6 is 11.3 Å². The molecule has 1 aliphatic rings. The number of piperidine rings is 1. The Labute approximate surface area is 172 Å². The van der Waals surface area contributed by atoms with Crippen LogP contribution in [0.25, 0.3) is 22.2 Å². The van der Waals surface area contributed by atoms with Crippen LogP contribution in [0.15, 0.2) is 40.2 Å². The molecule has 2 amide bonds. The van der Waals surface area contributed by atoms with E-state index < -0.39 is 0 Å². The first-order chi connectivity index (χ1) is 14.0. The van der Waals surface area contributed by atoms with E-state index in [0.717, 1.165) is 16.0 Å². The fraction of sp³-hybridized carbons (Fsp3) is 0.333. The number of nitrogens with one attached hydrogen (secondary N) is 1. The Hall–Kier alpha value is -3.00. The molecule has 1 aromatic carbocycles. The van der Waals surface area contributed by atoms with Crippen LogP contribution in [-0.2, 0) is 9.59 Å². The Morgan fingerprint density at radius 3 is 2.76 bits per heavy atom. The number of nitrogens with zero attached hydrogens (tertiary/aromatic N) is 3. The lowest BCUT2D eigenvalue weighted by atomic mass is 9.96. The number of aryl methyl sites for hydroxylation is 1. The highest BCUT2D eigenvalue weighted by atomic mass is 32.1. The third-order valence-electron chi connectivity index (χ3n) is 5.13. The Kier molecular flexibility index (Phi) is 5.44. The molecule has 1 fully saturated rings. The van der Waals surface area contributed by atoms with Crippen molar-refractivity contribution in [3.05, 3.63) is 41.3 Å². The molecule has 4 rings (SSSR count). The van der Waals surface area contributed by atoms with Gasteiger partial charge in [0.1, 0.15) is 4.88 Å². The molecule has 1 aliphatic heterocycles. The van der Waals surface area contributed by atoms with Crippen molar-refractivity contribution >= 4 is 28.8 Å². The average Bonchev–Trinajstić information content (AvgIpc) is 3.37. The Balaban J connectivity index is 1.47. The second-order valence-corrected chi connectivity index (χ2v) is 8.14. The fourth-order valence-corrected chi connectivity index (χ4v) is 4.25. The van der Waals surface area contributed by atoms with Crippen LogP contribution in [0.4, 0.5) is 5.69 Å². The standard InChI is InChI=1S/C21H22N4O3S/c1-13-4-3-5-16(12-13)19-23-21(28-24-19)18-17(8-11-29-18)22-20(27)15-6-9-25(10-7-15)14(2)26/h3-5,8,11-12,15H,6-7,9-10H2,1-2H3,(H,22,27). The summed E-state index contributed by atoms with van der Waals surface area (Å²) < 4.78 is 5.47. The van der Waals surface area contributed by atoms with Gasteiger partial charge in [0.15, 0.2) is 0 Å². The molecule has 3 heterocycles. The van der Waals surface area contributed by atoms with E-state index in [9.17, 15) is 9.59 Å². The number of rotatable bonds is 4. The van der Waals surface area contributed by atoms with Crippen LogP contribution in [-0.4, -0.2) is 39.9 Å². The van der Waals surface area contributed by atoms with Crippen molar-refractivity contribution in [2.75, 3.05) is 18.4 Å². The van der Waals surface area contributed by atoms with Gasteiger partial charge in [-0.25, -0.2) is 0 Å². The minimum absolute atomic E-state index is 0.0359. The molecule has 0 atom stereocenters. The monoisotopic (exact) mass is 410 g/mol. The number of aromatic nitrogens is 2. The van der Waals surface area contributed by atoms with Gasteiger partial charge in [-0.1, -0.05) is 28.9 Å². The zero-order chi connectivity index (χ0) is 20.4. The maximum Gasteiger partial charge on any atom is 0.270 e. The molecular formula is C21H22N4O3S. The summed E-state index contributed by atoms with van der Waals surface area (Å²) >= 11 is 1.44. The predicted molar refractivity (Wildman–Crippen MR) is 111 cm³/mol. The number of carbonyl (C=O) groups excluding carboxylic acids is 2. The summed E-state index contributed by atoms with van der Waals surface area (Å²) in [7, 11) is 0. The number of likely N-dealkylation sites (tertiary alicyclic amines) is 1. The van der Waals surface area contributed by atoms with Crippen molar-refractivity contribution in [2.45, 2.75) is 26.7 Å². The summed E-state index contributed by atoms with van der Waals surface area (Å²) in [6.45, 7) is 4.81. The van der Waals surface area contributed by atoms with E-state index in [-0.39, 0.29) is 17.7 Å². The molecule has 0 spiro atoms. The lowest BCUT2D eigenvalue weighted by Gasteiger charge is -2.30. The van der Waals surface area contributed by atoms with Gasteiger partial charge in [0.25, 0.3) is 5.89 Å². The van der Waals surface area contributed by atoms with Crippen molar-refractivity contribution in [3.8, 4) is 22.2 Å². The van der Waals surface area contributed by atoms with Gasteiger partial charge >= 0.3 is 0 Å². The molecule has 3 aromatic rings. The van der Waals surface area contributed by atoms with Crippen molar-refractivity contribution in [1.29, 1.82) is 0 Å². The lowest BCUT2D eigenvalue weighted by molar-refractivity contribution is -0.132. The van der Waals surface area contributed by atoms with Gasteiger partial charge in [-0.05, 0) is 37.3 Å². The summed E-state index contributed by atoms with van der Waals surface area (Å²) in [5.74, 6) is 0.823. The summed E-state index contributed by atoms with van der Waals surface area (Å²) in [6, 6.07) is 9.75. The fourth-order valence-electron chi connectivity index (χ4n) is 3.48. The first-order valence-corrected chi connectivity index (χ1v) is 10.4. The van der Waals surface area contributed by atoms with E-state index in [4.69, 9.17) is 4.52 Å². The van der Waals surface area contributed by atoms with Crippen LogP contribution < -0.4 is 5.32 Å². The number of thiophene rings is 1. The minimum Gasteiger partial charge on any atom is -0.343 e. The third-order valence-corrected chi connectivity index (χ3v) is 6.03. The maximum absolute atomic E-state index is 12.7. The Bertz CT molecular complexity index is 1030. The number of hydrogen-bond donors (Lipinski definition) is 1. The van der Waals surface area contributed by atoms with Gasteiger partial charge in [-0.3, -0.25) is 9.59 Å². The van der Waals surface area contributed by atoms with Crippen LogP contribution in [0, 0.1) is 12.8 Å². The molecule has 150 valence electrons. The van der Waals surface area contributed by atoms with Crippen LogP contribution in [0.5, 0.6) is 0 Å². The van der Waals surface area contributed by atoms with Gasteiger partial charge in [-0.2, -0.15) is 4.98 Å². The van der Waals surface area contributed by atoms with Crippen molar-refractivity contribution in [2.24, 2.45) is 5.92 Å². The van der Waals surface area contributed by atoms with E-state index >= 15 is 0 Å². The van der Waals surface area contributed by atoms with Gasteiger partial charge in [0.05, 0.1) is 5.69 Å². The SMILES string of the molecule is CC(=O)N1CCC(C(=O)Nc2ccsc2-c2nc(-c3cccc(C)c3)no2)CC1. The smallest absolute Gasteiger partial charge is 0.270 e. The van der Waals surface area contributed by atoms with Gasteiger partial charge in [0.2, 0.25) is 17.6 Å². The summed E-state index contributed by atoms with van der Waals surface area (Å²) in [4.78, 5) is 31.2. The number of amides is 2. The molecule has 0 saturated carbocycles. The highest BCUT2D eigenvalue weighted by Gasteiger charge is 2.27. The highest BCUT2D eigenvalue weighted by molar-refractivity contribution is 7.14. The number of benzene rings is 1. The first kappa shape index (κ1) is 19.3. The average molecular weight is 410 g/mol. The largest absolute Gasteiger partial charge is 0.343 e. The summed E-state index contributed by atoms with van der Waals surface area (Å²) in [5, 5.41) is 8.98. The number of hydrogen-bond acceptors (Lipinski definition) is 6. The summed E-state index contributed by atoms with van der Waals surface area (Å²) in [6.07, 6.45) is 1.34. The van der Waals surface area contributed by atoms with Crippen LogP contribution in [0.1, 0.15) is 25.3 Å².